The van der Waals surface area contributed by atoms with Crippen molar-refractivity contribution >= 4 is 22.9 Å². The highest BCUT2D eigenvalue weighted by molar-refractivity contribution is 7.13. The van der Waals surface area contributed by atoms with Crippen LogP contribution in [0.2, 0.25) is 0 Å². The van der Waals surface area contributed by atoms with Gasteiger partial charge in [0.25, 0.3) is 0 Å². The predicted octanol–water partition coefficient (Wildman–Crippen LogP) is 4.75. The molecule has 0 atom stereocenters. The summed E-state index contributed by atoms with van der Waals surface area (Å²) in [4.78, 5) is 25.4. The van der Waals surface area contributed by atoms with Crippen molar-refractivity contribution in [2.24, 2.45) is 5.92 Å². The molecule has 0 radical (unpaired) electrons. The van der Waals surface area contributed by atoms with Crippen LogP contribution in [0.4, 0.5) is 0 Å². The lowest BCUT2D eigenvalue weighted by atomic mass is 9.96. The van der Waals surface area contributed by atoms with Crippen LogP contribution in [0.3, 0.4) is 0 Å². The molecule has 2 nitrogen and oxygen atoms in total. The van der Waals surface area contributed by atoms with Crippen molar-refractivity contribution in [2.75, 3.05) is 0 Å². The Morgan fingerprint density at radius 1 is 1.05 bits per heavy atom. The van der Waals surface area contributed by atoms with Gasteiger partial charge >= 0.3 is 0 Å². The van der Waals surface area contributed by atoms with Crippen molar-refractivity contribution in [1.82, 2.24) is 0 Å². The number of benzene rings is 1. The van der Waals surface area contributed by atoms with Crippen LogP contribution in [0.1, 0.15) is 42.5 Å². The van der Waals surface area contributed by atoms with Crippen LogP contribution in [0.25, 0.3) is 10.4 Å². The molecule has 1 aromatic carbocycles. The predicted molar refractivity (Wildman–Crippen MR) is 85.7 cm³/mol. The summed E-state index contributed by atoms with van der Waals surface area (Å²) in [6.45, 7) is 0. The van der Waals surface area contributed by atoms with Crippen molar-refractivity contribution in [3.8, 4) is 10.4 Å². The van der Waals surface area contributed by atoms with Gasteiger partial charge in [0.05, 0.1) is 0 Å². The second-order valence-corrected chi connectivity index (χ2v) is 6.61. The Morgan fingerprint density at radius 3 is 2.38 bits per heavy atom. The van der Waals surface area contributed by atoms with Crippen molar-refractivity contribution < 1.29 is 9.59 Å². The lowest BCUT2D eigenvalue weighted by Crippen LogP contribution is -2.17. The van der Waals surface area contributed by atoms with Crippen molar-refractivity contribution in [3.63, 3.8) is 0 Å². The van der Waals surface area contributed by atoms with E-state index in [0.717, 1.165) is 18.4 Å². The van der Waals surface area contributed by atoms with E-state index in [1.54, 1.807) is 23.5 Å². The molecular formula is C18H18O2S. The highest BCUT2D eigenvalue weighted by atomic mass is 32.1. The molecular weight excluding hydrogens is 280 g/mol. The number of carbonyl (C=O) groups is 2. The van der Waals surface area contributed by atoms with Crippen molar-refractivity contribution in [2.45, 2.75) is 32.1 Å². The highest BCUT2D eigenvalue weighted by Gasteiger charge is 2.23. The van der Waals surface area contributed by atoms with Gasteiger partial charge in [-0.1, -0.05) is 56.0 Å². The summed E-state index contributed by atoms with van der Waals surface area (Å²) >= 11 is 1.67. The molecule has 21 heavy (non-hydrogen) atoms. The van der Waals surface area contributed by atoms with E-state index in [-0.39, 0.29) is 11.6 Å². The lowest BCUT2D eigenvalue weighted by molar-refractivity contribution is -0.115. The Hall–Kier alpha value is -1.74. The van der Waals surface area contributed by atoms with Crippen LogP contribution < -0.4 is 0 Å². The molecule has 1 aliphatic carbocycles. The van der Waals surface area contributed by atoms with E-state index >= 15 is 0 Å². The van der Waals surface area contributed by atoms with Crippen molar-refractivity contribution in [3.05, 3.63) is 47.3 Å². The molecule has 0 aliphatic heterocycles. The summed E-state index contributed by atoms with van der Waals surface area (Å²) in [5, 5.41) is 2.03. The third kappa shape index (κ3) is 3.30. The maximum absolute atomic E-state index is 12.2. The number of thiophene rings is 1. The Balaban J connectivity index is 1.68. The second-order valence-electron chi connectivity index (χ2n) is 5.66. The van der Waals surface area contributed by atoms with E-state index in [2.05, 4.69) is 0 Å². The summed E-state index contributed by atoms with van der Waals surface area (Å²) in [7, 11) is 0. The molecule has 0 unspecified atom stereocenters. The van der Waals surface area contributed by atoms with Gasteiger partial charge in [0.2, 0.25) is 11.6 Å². The van der Waals surface area contributed by atoms with E-state index in [1.807, 2.05) is 29.6 Å². The van der Waals surface area contributed by atoms with E-state index in [1.165, 1.54) is 17.7 Å². The van der Waals surface area contributed by atoms with Crippen LogP contribution in [0.15, 0.2) is 41.8 Å². The molecule has 3 rings (SSSR count). The van der Waals surface area contributed by atoms with Gasteiger partial charge in [-0.25, -0.2) is 0 Å². The average Bonchev–Trinajstić information content (AvgIpc) is 3.20. The molecule has 1 fully saturated rings. The van der Waals surface area contributed by atoms with Gasteiger partial charge in [0, 0.05) is 16.9 Å². The zero-order valence-electron chi connectivity index (χ0n) is 11.9. The van der Waals surface area contributed by atoms with Crippen LogP contribution in [0.5, 0.6) is 0 Å². The molecule has 0 saturated heterocycles. The zero-order valence-corrected chi connectivity index (χ0v) is 12.7. The van der Waals surface area contributed by atoms with E-state index in [9.17, 15) is 9.59 Å². The number of ketones is 2. The molecule has 0 bridgehead atoms. The monoisotopic (exact) mass is 298 g/mol. The topological polar surface area (TPSA) is 34.1 Å². The number of carbonyl (C=O) groups excluding carboxylic acids is 2. The van der Waals surface area contributed by atoms with Gasteiger partial charge < -0.3 is 0 Å². The highest BCUT2D eigenvalue weighted by Crippen LogP contribution is 2.28. The molecule has 3 heteroatoms. The lowest BCUT2D eigenvalue weighted by Gasteiger charge is -2.07. The molecule has 1 saturated carbocycles. The first-order valence-corrected chi connectivity index (χ1v) is 8.33. The number of hydrogen-bond donors (Lipinski definition) is 0. The maximum atomic E-state index is 12.2. The Bertz CT molecular complexity index is 620. The smallest absolute Gasteiger partial charge is 0.228 e. The molecule has 0 amide bonds. The summed E-state index contributed by atoms with van der Waals surface area (Å²) in [5.41, 5.74) is 1.60. The fourth-order valence-corrected chi connectivity index (χ4v) is 3.69. The Morgan fingerprint density at radius 2 is 1.76 bits per heavy atom. The van der Waals surface area contributed by atoms with E-state index in [4.69, 9.17) is 0 Å². The van der Waals surface area contributed by atoms with Crippen LogP contribution >= 0.6 is 11.3 Å². The molecule has 1 aromatic heterocycles. The molecule has 1 aliphatic rings. The van der Waals surface area contributed by atoms with Crippen molar-refractivity contribution in [1.29, 1.82) is 0 Å². The summed E-state index contributed by atoms with van der Waals surface area (Å²) in [6, 6.07) is 11.4. The fraction of sp³-hybridized carbons (Fsp3) is 0.333. The minimum atomic E-state index is -0.334. The standard InChI is InChI=1S/C18H18O2S/c19-16(12-13-4-1-2-5-13)18(20)15-9-7-14(8-10-15)17-6-3-11-21-17/h3,6-11,13H,1-2,4-5,12H2. The first-order chi connectivity index (χ1) is 10.2. The minimum absolute atomic E-state index is 0.231. The van der Waals surface area contributed by atoms with Gasteiger partial charge in [-0.3, -0.25) is 9.59 Å². The van der Waals surface area contributed by atoms with Gasteiger partial charge in [0.1, 0.15) is 0 Å². The Labute approximate surface area is 128 Å². The fourth-order valence-electron chi connectivity index (χ4n) is 2.96. The van der Waals surface area contributed by atoms with Gasteiger partial charge in [0.15, 0.2) is 0 Å². The normalized spacial score (nSPS) is 15.2. The van der Waals surface area contributed by atoms with Crippen LogP contribution in [0, 0.1) is 5.92 Å². The SMILES string of the molecule is O=C(CC1CCCC1)C(=O)c1ccc(-c2cccs2)cc1. The Kier molecular flexibility index (Phi) is 4.30. The van der Waals surface area contributed by atoms with E-state index in [0.29, 0.717) is 17.9 Å². The first kappa shape index (κ1) is 14.2. The molecule has 108 valence electrons. The molecule has 0 N–H and O–H groups in total. The summed E-state index contributed by atoms with van der Waals surface area (Å²) in [6.07, 6.45) is 5.00. The summed E-state index contributed by atoms with van der Waals surface area (Å²) < 4.78 is 0. The van der Waals surface area contributed by atoms with E-state index < -0.39 is 0 Å². The minimum Gasteiger partial charge on any atom is -0.290 e. The molecule has 2 aromatic rings. The zero-order chi connectivity index (χ0) is 14.7. The maximum Gasteiger partial charge on any atom is 0.228 e. The second kappa shape index (κ2) is 6.35. The molecule has 1 heterocycles. The largest absolute Gasteiger partial charge is 0.290 e. The average molecular weight is 298 g/mol. The number of hydrogen-bond acceptors (Lipinski definition) is 3. The van der Waals surface area contributed by atoms with Crippen LogP contribution in [-0.4, -0.2) is 11.6 Å². The number of rotatable bonds is 5. The van der Waals surface area contributed by atoms with Gasteiger partial charge in [-0.2, -0.15) is 0 Å². The number of Topliss-reactive ketones (excluding diaryl/α,β-unsaturated/α-hetero) is 2. The molecule has 0 spiro atoms. The third-order valence-electron chi connectivity index (χ3n) is 4.15. The van der Waals surface area contributed by atoms with Gasteiger partial charge in [-0.05, 0) is 22.9 Å². The van der Waals surface area contributed by atoms with Gasteiger partial charge in [-0.15, -0.1) is 11.3 Å². The van der Waals surface area contributed by atoms with Crippen LogP contribution in [-0.2, 0) is 4.79 Å². The first-order valence-electron chi connectivity index (χ1n) is 7.45. The third-order valence-corrected chi connectivity index (χ3v) is 5.07. The summed E-state index contributed by atoms with van der Waals surface area (Å²) in [5.74, 6) is -0.141. The quantitative estimate of drug-likeness (QED) is 0.590.